The largest absolute Gasteiger partial charge is 0.486 e. The number of hydrogen-bond donors (Lipinski definition) is 1. The fourth-order valence-corrected chi connectivity index (χ4v) is 5.02. The standard InChI is InChI=1S/C32H33N3O4/c1-3-30(36)35-18-15-23-10-11-26(20-28(23)31(35)24-8-6-7-22(2)19-24)38-21-27-12-13-29(39-27)32(37)34-17-14-25-9-4-5-16-33-25/h4-13,16,19-20,31H,3,14-15,17-18,21H2,1-2H3,(H,34,37). The van der Waals surface area contributed by atoms with Crippen LogP contribution in [0.25, 0.3) is 0 Å². The molecule has 7 heteroatoms. The number of nitrogens with one attached hydrogen (secondary N) is 1. The van der Waals surface area contributed by atoms with Gasteiger partial charge in [-0.25, -0.2) is 0 Å². The lowest BCUT2D eigenvalue weighted by Gasteiger charge is -2.38. The maximum atomic E-state index is 12.9. The van der Waals surface area contributed by atoms with Gasteiger partial charge in [0.1, 0.15) is 18.1 Å². The average molecular weight is 524 g/mol. The van der Waals surface area contributed by atoms with Gasteiger partial charge in [0, 0.05) is 37.8 Å². The lowest BCUT2D eigenvalue weighted by molar-refractivity contribution is -0.132. The Hall–Kier alpha value is -4.39. The summed E-state index contributed by atoms with van der Waals surface area (Å²) in [7, 11) is 0. The van der Waals surface area contributed by atoms with E-state index in [1.807, 2.05) is 48.2 Å². The van der Waals surface area contributed by atoms with Crippen LogP contribution in [0.1, 0.15) is 63.6 Å². The molecular weight excluding hydrogens is 490 g/mol. The van der Waals surface area contributed by atoms with Gasteiger partial charge in [-0.3, -0.25) is 14.6 Å². The molecular formula is C32H33N3O4. The second-order valence-electron chi connectivity index (χ2n) is 9.75. The van der Waals surface area contributed by atoms with Crippen molar-refractivity contribution in [3.05, 3.63) is 118 Å². The molecule has 0 fully saturated rings. The van der Waals surface area contributed by atoms with Gasteiger partial charge < -0.3 is 19.4 Å². The maximum absolute atomic E-state index is 12.9. The first-order chi connectivity index (χ1) is 19.0. The minimum atomic E-state index is -0.271. The van der Waals surface area contributed by atoms with Crippen molar-refractivity contribution in [3.63, 3.8) is 0 Å². The summed E-state index contributed by atoms with van der Waals surface area (Å²) in [5.74, 6) is 1.36. The van der Waals surface area contributed by atoms with Crippen LogP contribution in [0.3, 0.4) is 0 Å². The van der Waals surface area contributed by atoms with Gasteiger partial charge in [0.15, 0.2) is 5.76 Å². The van der Waals surface area contributed by atoms with E-state index in [0.717, 1.165) is 28.8 Å². The summed E-state index contributed by atoms with van der Waals surface area (Å²) >= 11 is 0. The van der Waals surface area contributed by atoms with Crippen LogP contribution in [0, 0.1) is 6.92 Å². The third kappa shape index (κ3) is 6.20. The van der Waals surface area contributed by atoms with E-state index < -0.39 is 0 Å². The van der Waals surface area contributed by atoms with Gasteiger partial charge in [0.2, 0.25) is 5.91 Å². The SMILES string of the molecule is CCC(=O)N1CCc2ccc(OCc3ccc(C(=O)NCCc4ccccn4)o3)cc2C1c1cccc(C)c1. The Morgan fingerprint density at radius 1 is 1.08 bits per heavy atom. The van der Waals surface area contributed by atoms with Crippen LogP contribution in [-0.4, -0.2) is 34.8 Å². The zero-order valence-electron chi connectivity index (χ0n) is 22.4. The summed E-state index contributed by atoms with van der Waals surface area (Å²) in [5, 5.41) is 2.87. The number of fused-ring (bicyclic) bond motifs is 1. The van der Waals surface area contributed by atoms with E-state index in [1.54, 1.807) is 18.3 Å². The number of amides is 2. The van der Waals surface area contributed by atoms with Crippen molar-refractivity contribution in [3.8, 4) is 5.75 Å². The van der Waals surface area contributed by atoms with Crippen LogP contribution in [0.15, 0.2) is 83.4 Å². The van der Waals surface area contributed by atoms with E-state index in [9.17, 15) is 9.59 Å². The van der Waals surface area contributed by atoms with E-state index in [4.69, 9.17) is 9.15 Å². The first-order valence-corrected chi connectivity index (χ1v) is 13.4. The highest BCUT2D eigenvalue weighted by Gasteiger charge is 2.31. The van der Waals surface area contributed by atoms with Gasteiger partial charge in [-0.1, -0.05) is 48.9 Å². The van der Waals surface area contributed by atoms with Crippen molar-refractivity contribution in [2.45, 2.75) is 45.8 Å². The van der Waals surface area contributed by atoms with E-state index >= 15 is 0 Å². The number of carbonyl (C=O) groups excluding carboxylic acids is 2. The van der Waals surface area contributed by atoms with E-state index in [-0.39, 0.29) is 30.2 Å². The fourth-order valence-electron chi connectivity index (χ4n) is 5.02. The maximum Gasteiger partial charge on any atom is 0.287 e. The molecule has 0 aliphatic carbocycles. The first kappa shape index (κ1) is 26.2. The number of furan rings is 1. The second-order valence-corrected chi connectivity index (χ2v) is 9.75. The molecule has 0 saturated carbocycles. The van der Waals surface area contributed by atoms with Crippen LogP contribution in [-0.2, 0) is 24.2 Å². The molecule has 7 nitrogen and oxygen atoms in total. The quantitative estimate of drug-likeness (QED) is 0.317. The smallest absolute Gasteiger partial charge is 0.287 e. The van der Waals surface area contributed by atoms with Crippen molar-refractivity contribution in [2.75, 3.05) is 13.1 Å². The van der Waals surface area contributed by atoms with Crippen molar-refractivity contribution < 1.29 is 18.7 Å². The Bertz CT molecular complexity index is 1450. The van der Waals surface area contributed by atoms with E-state index in [2.05, 4.69) is 41.5 Å². The predicted molar refractivity (Wildman–Crippen MR) is 148 cm³/mol. The Morgan fingerprint density at radius 3 is 2.77 bits per heavy atom. The Kier molecular flexibility index (Phi) is 8.06. The van der Waals surface area contributed by atoms with Gasteiger partial charge in [-0.2, -0.15) is 0 Å². The molecule has 0 spiro atoms. The van der Waals surface area contributed by atoms with Crippen LogP contribution in [0.4, 0.5) is 0 Å². The number of pyridine rings is 1. The Morgan fingerprint density at radius 2 is 1.97 bits per heavy atom. The van der Waals surface area contributed by atoms with Crippen LogP contribution < -0.4 is 10.1 Å². The number of ether oxygens (including phenoxy) is 1. The number of nitrogens with zero attached hydrogens (tertiary/aromatic N) is 2. The zero-order valence-corrected chi connectivity index (χ0v) is 22.4. The van der Waals surface area contributed by atoms with Crippen LogP contribution in [0.5, 0.6) is 5.75 Å². The molecule has 0 bridgehead atoms. The molecule has 1 N–H and O–H groups in total. The third-order valence-electron chi connectivity index (χ3n) is 6.99. The lowest BCUT2D eigenvalue weighted by atomic mass is 9.87. The summed E-state index contributed by atoms with van der Waals surface area (Å²) in [4.78, 5) is 31.6. The van der Waals surface area contributed by atoms with Crippen LogP contribution in [0.2, 0.25) is 0 Å². The number of aromatic nitrogens is 1. The molecule has 1 aliphatic heterocycles. The van der Waals surface area contributed by atoms with Gasteiger partial charge in [0.25, 0.3) is 5.91 Å². The predicted octanol–water partition coefficient (Wildman–Crippen LogP) is 5.42. The third-order valence-corrected chi connectivity index (χ3v) is 6.99. The van der Waals surface area contributed by atoms with Gasteiger partial charge in [-0.05, 0) is 66.4 Å². The number of hydrogen-bond acceptors (Lipinski definition) is 5. The molecule has 1 atom stereocenters. The van der Waals surface area contributed by atoms with Crippen molar-refractivity contribution in [2.24, 2.45) is 0 Å². The monoisotopic (exact) mass is 523 g/mol. The summed E-state index contributed by atoms with van der Waals surface area (Å²) in [6.45, 7) is 5.32. The zero-order chi connectivity index (χ0) is 27.2. The molecule has 1 aliphatic rings. The summed E-state index contributed by atoms with van der Waals surface area (Å²) in [6.07, 6.45) is 3.65. The van der Waals surface area contributed by atoms with Gasteiger partial charge in [0.05, 0.1) is 6.04 Å². The minimum absolute atomic E-state index is 0.139. The van der Waals surface area contributed by atoms with E-state index in [1.165, 1.54) is 5.56 Å². The summed E-state index contributed by atoms with van der Waals surface area (Å²) < 4.78 is 11.8. The number of aryl methyl sites for hydroxylation is 1. The van der Waals surface area contributed by atoms with Crippen LogP contribution >= 0.6 is 0 Å². The topological polar surface area (TPSA) is 84.7 Å². The molecule has 4 aromatic rings. The molecule has 200 valence electrons. The molecule has 1 unspecified atom stereocenters. The number of benzene rings is 2. The molecule has 39 heavy (non-hydrogen) atoms. The van der Waals surface area contributed by atoms with Gasteiger partial charge in [-0.15, -0.1) is 0 Å². The molecule has 2 aromatic heterocycles. The molecule has 0 saturated heterocycles. The van der Waals surface area contributed by atoms with E-state index in [0.29, 0.717) is 37.4 Å². The number of rotatable bonds is 9. The molecule has 0 radical (unpaired) electrons. The average Bonchev–Trinajstić information content (AvgIpc) is 3.45. The number of carbonyl (C=O) groups is 2. The Labute approximate surface area is 228 Å². The molecule has 3 heterocycles. The molecule has 5 rings (SSSR count). The summed E-state index contributed by atoms with van der Waals surface area (Å²) in [6, 6.07) is 23.4. The summed E-state index contributed by atoms with van der Waals surface area (Å²) in [5.41, 5.74) is 5.48. The highest BCUT2D eigenvalue weighted by Crippen LogP contribution is 2.38. The Balaban J connectivity index is 1.26. The lowest BCUT2D eigenvalue weighted by Crippen LogP contribution is -2.40. The highest BCUT2D eigenvalue weighted by atomic mass is 16.5. The van der Waals surface area contributed by atoms with Gasteiger partial charge >= 0.3 is 0 Å². The minimum Gasteiger partial charge on any atom is -0.486 e. The van der Waals surface area contributed by atoms with Crippen molar-refractivity contribution in [1.82, 2.24) is 15.2 Å². The second kappa shape index (κ2) is 12.0. The molecule has 2 amide bonds. The van der Waals surface area contributed by atoms with Crippen molar-refractivity contribution in [1.29, 1.82) is 0 Å². The van der Waals surface area contributed by atoms with Crippen molar-refractivity contribution >= 4 is 11.8 Å². The fraction of sp³-hybridized carbons (Fsp3) is 0.281. The normalized spacial score (nSPS) is 14.5. The first-order valence-electron chi connectivity index (χ1n) is 13.4. The molecule has 2 aromatic carbocycles. The highest BCUT2D eigenvalue weighted by molar-refractivity contribution is 5.91.